The molecule has 1 N–H and O–H groups in total. The van der Waals surface area contributed by atoms with Gasteiger partial charge in [-0.05, 0) is 64.6 Å². The summed E-state index contributed by atoms with van der Waals surface area (Å²) < 4.78 is 22.9. The van der Waals surface area contributed by atoms with E-state index in [9.17, 15) is 14.7 Å². The summed E-state index contributed by atoms with van der Waals surface area (Å²) >= 11 is 0. The van der Waals surface area contributed by atoms with Crippen LogP contribution in [0.2, 0.25) is 0 Å². The maximum absolute atomic E-state index is 15.4. The first-order valence-corrected chi connectivity index (χ1v) is 12.7. The van der Waals surface area contributed by atoms with Crippen LogP contribution in [0.3, 0.4) is 0 Å². The number of pyridine rings is 1. The SMILES string of the molecule is C[C@H]1CCc2c(N3CCC(O)CC3)c(F)cc3c(=O)c(C(=O)OCCN4CCCCC4)cn1c23. The number of ether oxygens (including phenoxy) is 1. The number of aryl methyl sites for hydroxylation is 1. The number of esters is 1. The van der Waals surface area contributed by atoms with Gasteiger partial charge in [-0.2, -0.15) is 0 Å². The van der Waals surface area contributed by atoms with Gasteiger partial charge < -0.3 is 19.3 Å². The summed E-state index contributed by atoms with van der Waals surface area (Å²) in [5.74, 6) is -1.07. The van der Waals surface area contributed by atoms with E-state index >= 15 is 4.39 Å². The molecule has 0 amide bonds. The van der Waals surface area contributed by atoms with Crippen LogP contribution in [-0.2, 0) is 11.2 Å². The molecule has 0 bridgehead atoms. The summed E-state index contributed by atoms with van der Waals surface area (Å²) in [5.41, 5.74) is 1.59. The number of halogens is 1. The minimum Gasteiger partial charge on any atom is -0.461 e. The van der Waals surface area contributed by atoms with Crippen molar-refractivity contribution in [2.24, 2.45) is 0 Å². The zero-order chi connectivity index (χ0) is 23.8. The molecule has 5 rings (SSSR count). The predicted molar refractivity (Wildman–Crippen MR) is 129 cm³/mol. The molecule has 2 fully saturated rings. The molecule has 0 aliphatic carbocycles. The number of aliphatic hydroxyl groups is 1. The van der Waals surface area contributed by atoms with E-state index in [1.807, 2.05) is 9.47 Å². The van der Waals surface area contributed by atoms with Crippen molar-refractivity contribution < 1.29 is 19.0 Å². The van der Waals surface area contributed by atoms with Crippen molar-refractivity contribution in [2.75, 3.05) is 44.2 Å². The van der Waals surface area contributed by atoms with Gasteiger partial charge in [-0.15, -0.1) is 0 Å². The molecule has 3 aliphatic rings. The topological polar surface area (TPSA) is 75.0 Å². The molecule has 1 atom stereocenters. The van der Waals surface area contributed by atoms with E-state index in [0.29, 0.717) is 44.6 Å². The normalized spacial score (nSPS) is 21.7. The molecular weight excluding hydrogens is 437 g/mol. The van der Waals surface area contributed by atoms with Gasteiger partial charge in [0.05, 0.1) is 17.3 Å². The lowest BCUT2D eigenvalue weighted by Gasteiger charge is -2.36. The summed E-state index contributed by atoms with van der Waals surface area (Å²) in [5, 5.41) is 10.1. The average Bonchev–Trinajstić information content (AvgIpc) is 2.84. The minimum atomic E-state index is -0.638. The van der Waals surface area contributed by atoms with E-state index in [1.54, 1.807) is 6.20 Å². The number of aromatic nitrogens is 1. The summed E-state index contributed by atoms with van der Waals surface area (Å²) in [6.45, 7) is 6.15. The van der Waals surface area contributed by atoms with E-state index in [-0.39, 0.29) is 29.7 Å². The fourth-order valence-electron chi connectivity index (χ4n) is 5.74. The maximum atomic E-state index is 15.4. The molecule has 3 aliphatic heterocycles. The molecule has 8 heteroatoms. The van der Waals surface area contributed by atoms with Crippen molar-refractivity contribution in [1.29, 1.82) is 0 Å². The van der Waals surface area contributed by atoms with Crippen molar-refractivity contribution in [3.63, 3.8) is 0 Å². The van der Waals surface area contributed by atoms with E-state index in [1.165, 1.54) is 12.5 Å². The third-order valence-corrected chi connectivity index (χ3v) is 7.72. The van der Waals surface area contributed by atoms with Gasteiger partial charge in [-0.25, -0.2) is 9.18 Å². The number of nitrogens with zero attached hydrogens (tertiary/aromatic N) is 3. The number of aliphatic hydroxyl groups excluding tert-OH is 1. The zero-order valence-corrected chi connectivity index (χ0v) is 19.9. The molecule has 2 aromatic rings. The van der Waals surface area contributed by atoms with Crippen molar-refractivity contribution in [2.45, 2.75) is 64.0 Å². The van der Waals surface area contributed by atoms with E-state index in [4.69, 9.17) is 4.74 Å². The highest BCUT2D eigenvalue weighted by Gasteiger charge is 2.30. The lowest BCUT2D eigenvalue weighted by atomic mass is 9.93. The molecule has 0 saturated carbocycles. The predicted octanol–water partition coefficient (Wildman–Crippen LogP) is 3.25. The van der Waals surface area contributed by atoms with Crippen LogP contribution in [0.4, 0.5) is 10.1 Å². The Hall–Kier alpha value is -2.45. The van der Waals surface area contributed by atoms with Crippen LogP contribution in [0, 0.1) is 5.82 Å². The van der Waals surface area contributed by atoms with Crippen molar-refractivity contribution in [3.8, 4) is 0 Å². The summed E-state index contributed by atoms with van der Waals surface area (Å²) in [4.78, 5) is 30.5. The fraction of sp³-hybridized carbons (Fsp3) is 0.615. The largest absolute Gasteiger partial charge is 0.461 e. The van der Waals surface area contributed by atoms with Crippen molar-refractivity contribution >= 4 is 22.6 Å². The standard InChI is InChI=1S/C26H34FN3O4/c1-17-5-6-19-23-20(15-22(27)24(19)29-11-7-18(31)8-12-29)25(32)21(16-30(17)23)26(33)34-14-13-28-9-3-2-4-10-28/h15-18,31H,2-14H2,1H3/t17-/m0/s1. The van der Waals surface area contributed by atoms with Gasteiger partial charge >= 0.3 is 5.97 Å². The minimum absolute atomic E-state index is 0.0286. The smallest absolute Gasteiger partial charge is 0.343 e. The Morgan fingerprint density at radius 1 is 1.15 bits per heavy atom. The Morgan fingerprint density at radius 3 is 2.62 bits per heavy atom. The van der Waals surface area contributed by atoms with Crippen LogP contribution < -0.4 is 10.3 Å². The third kappa shape index (κ3) is 4.33. The van der Waals surface area contributed by atoms with Gasteiger partial charge in [0, 0.05) is 42.8 Å². The number of benzene rings is 1. The maximum Gasteiger partial charge on any atom is 0.343 e. The number of carbonyl (C=O) groups is 1. The molecule has 0 unspecified atom stereocenters. The molecule has 7 nitrogen and oxygen atoms in total. The Labute approximate surface area is 199 Å². The molecule has 1 aromatic heterocycles. The van der Waals surface area contributed by atoms with E-state index in [2.05, 4.69) is 11.8 Å². The van der Waals surface area contributed by atoms with Crippen LogP contribution in [0.15, 0.2) is 17.1 Å². The zero-order valence-electron chi connectivity index (χ0n) is 19.9. The molecule has 0 spiro atoms. The van der Waals surface area contributed by atoms with Crippen LogP contribution in [0.5, 0.6) is 0 Å². The second kappa shape index (κ2) is 9.66. The van der Waals surface area contributed by atoms with Gasteiger partial charge in [-0.3, -0.25) is 9.69 Å². The second-order valence-electron chi connectivity index (χ2n) is 10.0. The molecule has 0 radical (unpaired) electrons. The lowest BCUT2D eigenvalue weighted by Crippen LogP contribution is -2.37. The quantitative estimate of drug-likeness (QED) is 0.675. The Bertz CT molecular complexity index is 1130. The first-order valence-electron chi connectivity index (χ1n) is 12.7. The molecule has 4 heterocycles. The van der Waals surface area contributed by atoms with Crippen LogP contribution in [0.25, 0.3) is 10.9 Å². The average molecular weight is 472 g/mol. The molecule has 34 heavy (non-hydrogen) atoms. The Balaban J connectivity index is 1.47. The first kappa shape index (κ1) is 23.3. The fourth-order valence-corrected chi connectivity index (χ4v) is 5.74. The third-order valence-electron chi connectivity index (χ3n) is 7.72. The summed E-state index contributed by atoms with van der Waals surface area (Å²) in [6, 6.07) is 1.37. The van der Waals surface area contributed by atoms with Gasteiger partial charge in [0.25, 0.3) is 0 Å². The monoisotopic (exact) mass is 471 g/mol. The first-order chi connectivity index (χ1) is 16.4. The number of hydrogen-bond donors (Lipinski definition) is 1. The number of likely N-dealkylation sites (tertiary alicyclic amines) is 1. The molecule has 2 saturated heterocycles. The van der Waals surface area contributed by atoms with Gasteiger partial charge in [0.15, 0.2) is 0 Å². The highest BCUT2D eigenvalue weighted by molar-refractivity contribution is 5.96. The highest BCUT2D eigenvalue weighted by Crippen LogP contribution is 2.38. The lowest BCUT2D eigenvalue weighted by molar-refractivity contribution is 0.0449. The van der Waals surface area contributed by atoms with E-state index in [0.717, 1.165) is 43.4 Å². The van der Waals surface area contributed by atoms with E-state index < -0.39 is 17.2 Å². The van der Waals surface area contributed by atoms with Gasteiger partial charge in [-0.1, -0.05) is 6.42 Å². The van der Waals surface area contributed by atoms with Crippen LogP contribution in [-0.4, -0.2) is 66.0 Å². The Morgan fingerprint density at radius 2 is 1.88 bits per heavy atom. The number of piperidine rings is 2. The summed E-state index contributed by atoms with van der Waals surface area (Å²) in [7, 11) is 0. The molecule has 1 aromatic carbocycles. The van der Waals surface area contributed by atoms with Crippen LogP contribution >= 0.6 is 0 Å². The van der Waals surface area contributed by atoms with Crippen molar-refractivity contribution in [3.05, 3.63) is 39.4 Å². The van der Waals surface area contributed by atoms with Crippen molar-refractivity contribution in [1.82, 2.24) is 9.47 Å². The molecular formula is C26H34FN3O4. The number of anilines is 1. The molecule has 184 valence electrons. The summed E-state index contributed by atoms with van der Waals surface area (Å²) in [6.07, 6.45) is 7.49. The second-order valence-corrected chi connectivity index (χ2v) is 10.0. The number of rotatable bonds is 5. The van der Waals surface area contributed by atoms with Gasteiger partial charge in [0.1, 0.15) is 18.0 Å². The van der Waals surface area contributed by atoms with Gasteiger partial charge in [0.2, 0.25) is 5.43 Å². The van der Waals surface area contributed by atoms with Crippen LogP contribution in [0.1, 0.15) is 67.4 Å². The number of hydrogen-bond acceptors (Lipinski definition) is 6. The highest BCUT2D eigenvalue weighted by atomic mass is 19.1. The Kier molecular flexibility index (Phi) is 6.62. The number of carbonyl (C=O) groups excluding carboxylic acids is 1.